The maximum absolute atomic E-state index is 12.7. The Hall–Kier alpha value is -3.51. The SMILES string of the molecule is CCOC(=O)N=S(C)(=O)c1ccc(Nc2ncc(-n3ccnc3)c(N[C@H](C)CO)n2)cc1. The maximum atomic E-state index is 12.7. The Kier molecular flexibility index (Phi) is 7.38. The Morgan fingerprint density at radius 3 is 2.72 bits per heavy atom. The number of hydrogen-bond acceptors (Lipinski definition) is 9. The number of benzene rings is 1. The normalized spacial score (nSPS) is 13.6. The van der Waals surface area contributed by atoms with Crippen LogP contribution in [0.4, 0.5) is 22.2 Å². The lowest BCUT2D eigenvalue weighted by molar-refractivity contribution is 0.164. The second-order valence-corrected chi connectivity index (χ2v) is 9.13. The molecule has 12 heteroatoms. The minimum absolute atomic E-state index is 0.0647. The van der Waals surface area contributed by atoms with Crippen LogP contribution in [0.25, 0.3) is 5.69 Å². The van der Waals surface area contributed by atoms with E-state index in [2.05, 4.69) is 29.9 Å². The quantitative estimate of drug-likeness (QED) is 0.463. The standard InChI is InChI=1S/C20H25N7O4S/c1-4-31-20(29)26-32(3,30)16-7-5-15(6-8-16)24-19-22-11-17(27-10-9-21-13-27)18(25-19)23-14(2)12-28/h5-11,13-14,28H,4,12H2,1-3H3,(H2,22,23,24,25)/t14-,32?/m1/s1. The van der Waals surface area contributed by atoms with E-state index in [1.54, 1.807) is 60.7 Å². The van der Waals surface area contributed by atoms with E-state index in [1.165, 1.54) is 6.26 Å². The van der Waals surface area contributed by atoms with E-state index in [9.17, 15) is 14.1 Å². The minimum atomic E-state index is -2.93. The first kappa shape index (κ1) is 23.2. The first-order valence-corrected chi connectivity index (χ1v) is 11.7. The number of aliphatic hydroxyl groups excluding tert-OH is 1. The Morgan fingerprint density at radius 2 is 2.09 bits per heavy atom. The Bertz CT molecular complexity index is 1170. The molecule has 1 unspecified atom stereocenters. The Balaban J connectivity index is 1.83. The van der Waals surface area contributed by atoms with Crippen molar-refractivity contribution in [3.05, 3.63) is 49.2 Å². The van der Waals surface area contributed by atoms with Gasteiger partial charge in [0.1, 0.15) is 5.69 Å². The van der Waals surface area contributed by atoms with Crippen LogP contribution in [0.5, 0.6) is 0 Å². The second-order valence-electron chi connectivity index (χ2n) is 6.87. The second kappa shape index (κ2) is 10.2. The first-order chi connectivity index (χ1) is 15.3. The van der Waals surface area contributed by atoms with E-state index >= 15 is 0 Å². The first-order valence-electron chi connectivity index (χ1n) is 9.81. The Labute approximate surface area is 186 Å². The summed E-state index contributed by atoms with van der Waals surface area (Å²) in [5, 5.41) is 15.6. The van der Waals surface area contributed by atoms with Gasteiger partial charge in [0.05, 0.1) is 35.5 Å². The number of carbonyl (C=O) groups excluding carboxylic acids is 1. The highest BCUT2D eigenvalue weighted by Gasteiger charge is 2.13. The summed E-state index contributed by atoms with van der Waals surface area (Å²) in [5.74, 6) is 0.839. The van der Waals surface area contributed by atoms with Gasteiger partial charge in [-0.05, 0) is 38.1 Å². The molecule has 2 aromatic heterocycles. The zero-order chi connectivity index (χ0) is 23.1. The van der Waals surface area contributed by atoms with Crippen LogP contribution >= 0.6 is 0 Å². The van der Waals surface area contributed by atoms with Crippen molar-refractivity contribution in [1.82, 2.24) is 19.5 Å². The lowest BCUT2D eigenvalue weighted by Gasteiger charge is -2.16. The summed E-state index contributed by atoms with van der Waals surface area (Å²) in [7, 11) is -2.93. The van der Waals surface area contributed by atoms with Crippen LogP contribution in [-0.4, -0.2) is 60.4 Å². The summed E-state index contributed by atoms with van der Waals surface area (Å²) < 4.78 is 22.9. The van der Waals surface area contributed by atoms with Gasteiger partial charge in [0.25, 0.3) is 0 Å². The van der Waals surface area contributed by atoms with Gasteiger partial charge in [0, 0.05) is 35.3 Å². The van der Waals surface area contributed by atoms with Crippen molar-refractivity contribution < 1.29 is 18.8 Å². The fraction of sp³-hybridized carbons (Fsp3) is 0.300. The molecule has 0 saturated carbocycles. The van der Waals surface area contributed by atoms with Gasteiger partial charge < -0.3 is 25.0 Å². The number of nitrogens with one attached hydrogen (secondary N) is 2. The lowest BCUT2D eigenvalue weighted by Crippen LogP contribution is -2.21. The van der Waals surface area contributed by atoms with Crippen LogP contribution in [-0.2, 0) is 14.5 Å². The van der Waals surface area contributed by atoms with E-state index in [4.69, 9.17) is 4.74 Å². The van der Waals surface area contributed by atoms with Gasteiger partial charge >= 0.3 is 6.09 Å². The summed E-state index contributed by atoms with van der Waals surface area (Å²) in [6.07, 6.45) is 7.20. The third kappa shape index (κ3) is 5.80. The van der Waals surface area contributed by atoms with Gasteiger partial charge in [0.2, 0.25) is 5.95 Å². The molecule has 0 fully saturated rings. The topological polar surface area (TPSA) is 144 Å². The predicted molar refractivity (Wildman–Crippen MR) is 121 cm³/mol. The molecular formula is C20H25N7O4S. The van der Waals surface area contributed by atoms with Gasteiger partial charge in [0.15, 0.2) is 5.82 Å². The highest BCUT2D eigenvalue weighted by molar-refractivity contribution is 7.93. The molecule has 2 heterocycles. The molecule has 0 radical (unpaired) electrons. The molecule has 2 atom stereocenters. The van der Waals surface area contributed by atoms with Gasteiger partial charge in [-0.15, -0.1) is 4.36 Å². The monoisotopic (exact) mass is 459 g/mol. The molecule has 170 valence electrons. The summed E-state index contributed by atoms with van der Waals surface area (Å²) in [6.45, 7) is 3.58. The van der Waals surface area contributed by atoms with Crippen LogP contribution in [0, 0.1) is 0 Å². The van der Waals surface area contributed by atoms with E-state index < -0.39 is 15.8 Å². The molecule has 11 nitrogen and oxygen atoms in total. The molecule has 0 spiro atoms. The fourth-order valence-corrected chi connectivity index (χ4v) is 3.76. The molecule has 0 aliphatic carbocycles. The van der Waals surface area contributed by atoms with E-state index in [0.29, 0.717) is 28.0 Å². The van der Waals surface area contributed by atoms with Crippen LogP contribution in [0.2, 0.25) is 0 Å². The summed E-state index contributed by atoms with van der Waals surface area (Å²) >= 11 is 0. The minimum Gasteiger partial charge on any atom is -0.448 e. The number of ether oxygens (including phenoxy) is 1. The van der Waals surface area contributed by atoms with Crippen molar-refractivity contribution in [1.29, 1.82) is 0 Å². The Morgan fingerprint density at radius 1 is 1.34 bits per heavy atom. The van der Waals surface area contributed by atoms with Crippen molar-refractivity contribution in [2.75, 3.05) is 30.1 Å². The third-order valence-electron chi connectivity index (χ3n) is 4.27. The molecule has 3 rings (SSSR count). The molecular weight excluding hydrogens is 434 g/mol. The average Bonchev–Trinajstić information content (AvgIpc) is 3.28. The van der Waals surface area contributed by atoms with Gasteiger partial charge in [-0.1, -0.05) is 0 Å². The van der Waals surface area contributed by atoms with E-state index in [-0.39, 0.29) is 19.3 Å². The number of anilines is 3. The third-order valence-corrected chi connectivity index (χ3v) is 5.92. The van der Waals surface area contributed by atoms with Gasteiger partial charge in [-0.2, -0.15) is 4.98 Å². The molecule has 3 aromatic rings. The molecule has 0 aliphatic rings. The van der Waals surface area contributed by atoms with Crippen molar-refractivity contribution in [2.45, 2.75) is 24.8 Å². The van der Waals surface area contributed by atoms with Crippen LogP contribution in [0.15, 0.2) is 58.4 Å². The zero-order valence-corrected chi connectivity index (χ0v) is 18.7. The van der Waals surface area contributed by atoms with Crippen molar-refractivity contribution in [2.24, 2.45) is 4.36 Å². The molecule has 0 aliphatic heterocycles. The van der Waals surface area contributed by atoms with Gasteiger partial charge in [-0.25, -0.2) is 19.0 Å². The average molecular weight is 460 g/mol. The summed E-state index contributed by atoms with van der Waals surface area (Å²) in [5.41, 5.74) is 1.33. The lowest BCUT2D eigenvalue weighted by atomic mass is 10.3. The molecule has 32 heavy (non-hydrogen) atoms. The van der Waals surface area contributed by atoms with Crippen molar-refractivity contribution in [3.63, 3.8) is 0 Å². The summed E-state index contributed by atoms with van der Waals surface area (Å²) in [6, 6.07) is 6.38. The largest absolute Gasteiger partial charge is 0.448 e. The predicted octanol–water partition coefficient (Wildman–Crippen LogP) is 2.81. The van der Waals surface area contributed by atoms with Crippen LogP contribution < -0.4 is 10.6 Å². The highest BCUT2D eigenvalue weighted by atomic mass is 32.2. The number of hydrogen-bond donors (Lipinski definition) is 3. The number of carbonyl (C=O) groups is 1. The molecule has 1 amide bonds. The van der Waals surface area contributed by atoms with Crippen LogP contribution in [0.1, 0.15) is 13.8 Å². The molecule has 3 N–H and O–H groups in total. The van der Waals surface area contributed by atoms with Crippen LogP contribution in [0.3, 0.4) is 0 Å². The zero-order valence-electron chi connectivity index (χ0n) is 17.9. The molecule has 0 saturated heterocycles. The van der Waals surface area contributed by atoms with E-state index in [0.717, 1.165) is 0 Å². The smallest absolute Gasteiger partial charge is 0.442 e. The van der Waals surface area contributed by atoms with Crippen molar-refractivity contribution in [3.8, 4) is 5.69 Å². The number of nitrogens with zero attached hydrogens (tertiary/aromatic N) is 5. The van der Waals surface area contributed by atoms with E-state index in [1.807, 2.05) is 6.92 Å². The maximum Gasteiger partial charge on any atom is 0.442 e. The van der Waals surface area contributed by atoms with Gasteiger partial charge in [-0.3, -0.25) is 0 Å². The highest BCUT2D eigenvalue weighted by Crippen LogP contribution is 2.22. The number of aliphatic hydroxyl groups is 1. The number of amides is 1. The number of rotatable bonds is 8. The summed E-state index contributed by atoms with van der Waals surface area (Å²) in [4.78, 5) is 24.9. The molecule has 1 aromatic carbocycles. The van der Waals surface area contributed by atoms with Crippen molar-refractivity contribution >= 4 is 33.3 Å². The molecule has 0 bridgehead atoms. The fourth-order valence-electron chi connectivity index (χ4n) is 2.68. The number of imidazole rings is 1. The number of aromatic nitrogens is 4.